The summed E-state index contributed by atoms with van der Waals surface area (Å²) in [5, 5.41) is 3.63. The Labute approximate surface area is 218 Å². The van der Waals surface area contributed by atoms with Gasteiger partial charge in [-0.2, -0.15) is 0 Å². The Balaban J connectivity index is 1.11. The van der Waals surface area contributed by atoms with E-state index in [0.717, 1.165) is 55.2 Å². The highest BCUT2D eigenvalue weighted by Gasteiger charge is 2.35. The van der Waals surface area contributed by atoms with E-state index in [0.29, 0.717) is 6.61 Å². The van der Waals surface area contributed by atoms with Crippen molar-refractivity contribution >= 4 is 17.7 Å². The smallest absolute Gasteiger partial charge is 0.240 e. The molecule has 3 aromatic rings. The largest absolute Gasteiger partial charge is 0.365 e. The third-order valence-corrected chi connectivity index (χ3v) is 8.47. The van der Waals surface area contributed by atoms with E-state index in [1.54, 1.807) is 18.0 Å². The summed E-state index contributed by atoms with van der Waals surface area (Å²) < 4.78 is 6.57. The number of nitrogens with zero attached hydrogens (tertiary/aromatic N) is 3. The van der Waals surface area contributed by atoms with Crippen molar-refractivity contribution in [1.82, 2.24) is 20.1 Å². The third-order valence-electron chi connectivity index (χ3n) is 7.20. The van der Waals surface area contributed by atoms with Crippen LogP contribution in [0.2, 0.25) is 0 Å². The van der Waals surface area contributed by atoms with E-state index in [4.69, 9.17) is 4.74 Å². The Morgan fingerprint density at radius 3 is 2.28 bits per heavy atom. The van der Waals surface area contributed by atoms with Crippen LogP contribution in [0.5, 0.6) is 0 Å². The van der Waals surface area contributed by atoms with Gasteiger partial charge in [-0.05, 0) is 29.7 Å². The lowest BCUT2D eigenvalue weighted by Crippen LogP contribution is -2.54. The van der Waals surface area contributed by atoms with Crippen molar-refractivity contribution in [2.75, 3.05) is 45.1 Å². The average molecular weight is 503 g/mol. The summed E-state index contributed by atoms with van der Waals surface area (Å²) in [5.41, 5.74) is 2.92. The van der Waals surface area contributed by atoms with Gasteiger partial charge in [0, 0.05) is 50.9 Å². The first-order valence-electron chi connectivity index (χ1n) is 12.7. The predicted molar refractivity (Wildman–Crippen MR) is 145 cm³/mol. The SMILES string of the molecule is CC(OCCN1CCN(C(=O)[C@@H]2CSC(c3cccnc3)N2)CC1)(c1ccccc1)c1ccccc1. The van der Waals surface area contributed by atoms with Crippen molar-refractivity contribution in [3.8, 4) is 0 Å². The van der Waals surface area contributed by atoms with Crippen molar-refractivity contribution in [2.24, 2.45) is 0 Å². The maximum Gasteiger partial charge on any atom is 0.240 e. The summed E-state index contributed by atoms with van der Waals surface area (Å²) >= 11 is 1.78. The second-order valence-corrected chi connectivity index (χ2v) is 10.6. The van der Waals surface area contributed by atoms with Gasteiger partial charge in [-0.15, -0.1) is 11.8 Å². The van der Waals surface area contributed by atoms with E-state index in [1.807, 2.05) is 29.3 Å². The molecule has 0 bridgehead atoms. The van der Waals surface area contributed by atoms with Crippen molar-refractivity contribution in [1.29, 1.82) is 0 Å². The maximum absolute atomic E-state index is 13.1. The number of nitrogens with one attached hydrogen (secondary N) is 1. The summed E-state index contributed by atoms with van der Waals surface area (Å²) in [6.45, 7) is 6.88. The van der Waals surface area contributed by atoms with Crippen molar-refractivity contribution in [3.05, 3.63) is 102 Å². The van der Waals surface area contributed by atoms with Gasteiger partial charge in [0.2, 0.25) is 5.91 Å². The molecule has 1 aromatic heterocycles. The van der Waals surface area contributed by atoms with Crippen molar-refractivity contribution < 1.29 is 9.53 Å². The topological polar surface area (TPSA) is 57.7 Å². The van der Waals surface area contributed by atoms with Gasteiger partial charge in [-0.1, -0.05) is 66.7 Å². The summed E-state index contributed by atoms with van der Waals surface area (Å²) in [4.78, 5) is 21.8. The fourth-order valence-corrected chi connectivity index (χ4v) is 6.19. The molecule has 0 saturated carbocycles. The average Bonchev–Trinajstić information content (AvgIpc) is 3.45. The van der Waals surface area contributed by atoms with E-state index in [9.17, 15) is 4.79 Å². The Kier molecular flexibility index (Phi) is 8.02. The van der Waals surface area contributed by atoms with Gasteiger partial charge < -0.3 is 9.64 Å². The number of rotatable bonds is 8. The lowest BCUT2D eigenvalue weighted by molar-refractivity contribution is -0.134. The minimum Gasteiger partial charge on any atom is -0.365 e. The van der Waals surface area contributed by atoms with E-state index in [1.165, 1.54) is 0 Å². The summed E-state index contributed by atoms with van der Waals surface area (Å²) in [7, 11) is 0. The number of carbonyl (C=O) groups is 1. The molecule has 36 heavy (non-hydrogen) atoms. The number of thioether (sulfide) groups is 1. The van der Waals surface area contributed by atoms with E-state index in [-0.39, 0.29) is 17.3 Å². The normalized spacial score (nSPS) is 21.0. The van der Waals surface area contributed by atoms with Crippen LogP contribution in [0.25, 0.3) is 0 Å². The molecule has 2 saturated heterocycles. The highest BCUT2D eigenvalue weighted by molar-refractivity contribution is 7.99. The molecule has 1 N–H and O–H groups in total. The molecule has 188 valence electrons. The van der Waals surface area contributed by atoms with Gasteiger partial charge in [0.1, 0.15) is 5.60 Å². The number of ether oxygens (including phenoxy) is 1. The Morgan fingerprint density at radius 1 is 1.00 bits per heavy atom. The van der Waals surface area contributed by atoms with Gasteiger partial charge in [0.15, 0.2) is 0 Å². The van der Waals surface area contributed by atoms with Crippen LogP contribution >= 0.6 is 11.8 Å². The molecule has 7 heteroatoms. The number of amides is 1. The lowest BCUT2D eigenvalue weighted by Gasteiger charge is -2.37. The fourth-order valence-electron chi connectivity index (χ4n) is 4.97. The van der Waals surface area contributed by atoms with Crippen LogP contribution in [0.15, 0.2) is 85.2 Å². The molecular formula is C29H34N4O2S. The van der Waals surface area contributed by atoms with Crippen LogP contribution in [-0.4, -0.2) is 71.8 Å². The standard InChI is InChI=1S/C29H34N4O2S/c1-29(24-10-4-2-5-11-24,25-12-6-3-7-13-25)35-20-19-32-15-17-33(18-16-32)28(34)26-22-36-27(31-26)23-9-8-14-30-21-23/h2-14,21,26-27,31H,15-20,22H2,1H3/t26-,27?/m0/s1. The number of piperazine rings is 1. The highest BCUT2D eigenvalue weighted by Crippen LogP contribution is 2.34. The van der Waals surface area contributed by atoms with Gasteiger partial charge in [-0.25, -0.2) is 0 Å². The molecule has 0 spiro atoms. The van der Waals surface area contributed by atoms with Crippen LogP contribution in [0, 0.1) is 0 Å². The zero-order chi connectivity index (χ0) is 24.8. The molecule has 2 aliphatic rings. The quantitative estimate of drug-likeness (QED) is 0.504. The molecule has 1 unspecified atom stereocenters. The lowest BCUT2D eigenvalue weighted by atomic mass is 9.88. The Morgan fingerprint density at radius 2 is 1.67 bits per heavy atom. The minimum absolute atomic E-state index is 0.132. The number of benzene rings is 2. The van der Waals surface area contributed by atoms with E-state index in [2.05, 4.69) is 76.7 Å². The molecule has 6 nitrogen and oxygen atoms in total. The van der Waals surface area contributed by atoms with Gasteiger partial charge in [-0.3, -0.25) is 20.0 Å². The number of aromatic nitrogens is 1. The zero-order valence-corrected chi connectivity index (χ0v) is 21.6. The van der Waals surface area contributed by atoms with Crippen LogP contribution in [0.4, 0.5) is 0 Å². The first-order chi connectivity index (χ1) is 17.6. The van der Waals surface area contributed by atoms with Gasteiger partial charge >= 0.3 is 0 Å². The Bertz CT molecular complexity index is 1070. The molecule has 5 rings (SSSR count). The van der Waals surface area contributed by atoms with Crippen molar-refractivity contribution in [3.63, 3.8) is 0 Å². The molecule has 2 fully saturated rings. The van der Waals surface area contributed by atoms with Crippen LogP contribution in [-0.2, 0) is 15.1 Å². The maximum atomic E-state index is 13.1. The first-order valence-corrected chi connectivity index (χ1v) is 13.7. The second kappa shape index (κ2) is 11.6. The number of hydrogen-bond donors (Lipinski definition) is 1. The number of hydrogen-bond acceptors (Lipinski definition) is 6. The number of pyridine rings is 1. The molecular weight excluding hydrogens is 468 g/mol. The van der Waals surface area contributed by atoms with E-state index >= 15 is 0 Å². The van der Waals surface area contributed by atoms with Crippen molar-refractivity contribution in [2.45, 2.75) is 23.9 Å². The van der Waals surface area contributed by atoms with Crippen LogP contribution < -0.4 is 5.32 Å². The van der Waals surface area contributed by atoms with E-state index < -0.39 is 5.60 Å². The summed E-state index contributed by atoms with van der Waals surface area (Å²) in [6, 6.07) is 24.7. The monoisotopic (exact) mass is 502 g/mol. The molecule has 0 aliphatic carbocycles. The minimum atomic E-state index is -0.503. The van der Waals surface area contributed by atoms with Crippen LogP contribution in [0.1, 0.15) is 29.0 Å². The summed E-state index contributed by atoms with van der Waals surface area (Å²) in [5.74, 6) is 1.01. The predicted octanol–water partition coefficient (Wildman–Crippen LogP) is 3.91. The zero-order valence-electron chi connectivity index (χ0n) is 20.8. The highest BCUT2D eigenvalue weighted by atomic mass is 32.2. The second-order valence-electron chi connectivity index (χ2n) is 9.50. The molecule has 2 aliphatic heterocycles. The first kappa shape index (κ1) is 25.0. The molecule has 1 amide bonds. The fraction of sp³-hybridized carbons (Fsp3) is 0.379. The van der Waals surface area contributed by atoms with Gasteiger partial charge in [0.05, 0.1) is 18.0 Å². The molecule has 0 radical (unpaired) electrons. The number of carbonyl (C=O) groups excluding carboxylic acids is 1. The molecule has 2 atom stereocenters. The van der Waals surface area contributed by atoms with Gasteiger partial charge in [0.25, 0.3) is 0 Å². The third kappa shape index (κ3) is 5.65. The Hall–Kier alpha value is -2.71. The molecule has 2 aromatic carbocycles. The van der Waals surface area contributed by atoms with Crippen LogP contribution in [0.3, 0.4) is 0 Å². The molecule has 3 heterocycles. The summed E-state index contributed by atoms with van der Waals surface area (Å²) in [6.07, 6.45) is 3.65.